The normalized spacial score (nSPS) is 12.9. The van der Waals surface area contributed by atoms with E-state index in [1.54, 1.807) is 17.8 Å². The molecule has 8 heteroatoms. The van der Waals surface area contributed by atoms with E-state index in [9.17, 15) is 4.79 Å². The predicted molar refractivity (Wildman–Crippen MR) is 103 cm³/mol. The summed E-state index contributed by atoms with van der Waals surface area (Å²) in [7, 11) is 0. The van der Waals surface area contributed by atoms with Crippen LogP contribution in [0.1, 0.15) is 11.4 Å². The van der Waals surface area contributed by atoms with Gasteiger partial charge in [-0.1, -0.05) is 18.2 Å². The van der Waals surface area contributed by atoms with Gasteiger partial charge in [-0.2, -0.15) is 14.9 Å². The maximum Gasteiger partial charge on any atom is 0.285 e. The average Bonchev–Trinajstić information content (AvgIpc) is 3.35. The number of rotatable bonds is 3. The van der Waals surface area contributed by atoms with Crippen molar-refractivity contribution in [2.75, 3.05) is 6.79 Å². The van der Waals surface area contributed by atoms with Crippen LogP contribution in [0.2, 0.25) is 0 Å². The molecular formula is C20H15N5O3. The van der Waals surface area contributed by atoms with Gasteiger partial charge < -0.3 is 9.47 Å². The summed E-state index contributed by atoms with van der Waals surface area (Å²) in [5.41, 5.74) is 1.85. The first-order valence-electron chi connectivity index (χ1n) is 8.67. The lowest BCUT2D eigenvalue weighted by atomic mass is 10.2. The summed E-state index contributed by atoms with van der Waals surface area (Å²) in [6.07, 6.45) is 3.11. The van der Waals surface area contributed by atoms with Crippen molar-refractivity contribution in [2.24, 2.45) is 5.10 Å². The third-order valence-corrected chi connectivity index (χ3v) is 4.46. The highest BCUT2D eigenvalue weighted by molar-refractivity contribution is 5.81. The topological polar surface area (TPSA) is 83.5 Å². The van der Waals surface area contributed by atoms with E-state index in [-0.39, 0.29) is 12.4 Å². The second kappa shape index (κ2) is 6.34. The van der Waals surface area contributed by atoms with E-state index in [1.807, 2.05) is 48.5 Å². The molecular weight excluding hydrogens is 358 g/mol. The van der Waals surface area contributed by atoms with Crippen LogP contribution in [0.4, 0.5) is 0 Å². The Morgan fingerprint density at radius 1 is 1.11 bits per heavy atom. The number of aromatic nitrogens is 4. The van der Waals surface area contributed by atoms with Gasteiger partial charge in [0.2, 0.25) is 6.79 Å². The summed E-state index contributed by atoms with van der Waals surface area (Å²) in [6.45, 7) is 1.95. The fourth-order valence-corrected chi connectivity index (χ4v) is 3.07. The Labute approximate surface area is 159 Å². The fraction of sp³-hybridized carbons (Fsp3) is 0.100. The first kappa shape index (κ1) is 16.2. The van der Waals surface area contributed by atoms with Gasteiger partial charge in [-0.25, -0.2) is 9.67 Å². The van der Waals surface area contributed by atoms with Gasteiger partial charge in [0.25, 0.3) is 5.56 Å². The number of nitrogens with zero attached hydrogens (tertiary/aromatic N) is 5. The molecule has 0 aliphatic carbocycles. The highest BCUT2D eigenvalue weighted by atomic mass is 16.7. The monoisotopic (exact) mass is 373 g/mol. The number of benzene rings is 2. The highest BCUT2D eigenvalue weighted by Crippen LogP contribution is 2.32. The minimum Gasteiger partial charge on any atom is -0.454 e. The molecule has 0 atom stereocenters. The zero-order valence-electron chi connectivity index (χ0n) is 14.9. The van der Waals surface area contributed by atoms with Crippen LogP contribution in [0.15, 0.2) is 64.6 Å². The molecule has 0 fully saturated rings. The van der Waals surface area contributed by atoms with Crippen molar-refractivity contribution in [3.05, 3.63) is 76.5 Å². The van der Waals surface area contributed by atoms with Crippen LogP contribution in [-0.2, 0) is 0 Å². The van der Waals surface area contributed by atoms with E-state index in [0.29, 0.717) is 28.4 Å². The fourth-order valence-electron chi connectivity index (χ4n) is 3.07. The Bertz CT molecular complexity index is 1270. The lowest BCUT2D eigenvalue weighted by Gasteiger charge is -2.06. The number of aryl methyl sites for hydroxylation is 1. The summed E-state index contributed by atoms with van der Waals surface area (Å²) in [4.78, 5) is 17.5. The van der Waals surface area contributed by atoms with Crippen LogP contribution in [0.5, 0.6) is 11.5 Å². The first-order valence-corrected chi connectivity index (χ1v) is 8.67. The van der Waals surface area contributed by atoms with E-state index in [0.717, 1.165) is 11.3 Å². The van der Waals surface area contributed by atoms with Gasteiger partial charge in [-0.05, 0) is 42.8 Å². The largest absolute Gasteiger partial charge is 0.454 e. The number of hydrogen-bond donors (Lipinski definition) is 0. The number of para-hydroxylation sites is 1. The lowest BCUT2D eigenvalue weighted by molar-refractivity contribution is 0.174. The van der Waals surface area contributed by atoms with Crippen molar-refractivity contribution < 1.29 is 9.47 Å². The van der Waals surface area contributed by atoms with Crippen molar-refractivity contribution in [3.8, 4) is 17.2 Å². The Balaban J connectivity index is 1.56. The molecule has 28 heavy (non-hydrogen) atoms. The Kier molecular flexibility index (Phi) is 3.68. The minimum atomic E-state index is -0.276. The van der Waals surface area contributed by atoms with Crippen molar-refractivity contribution in [1.82, 2.24) is 19.4 Å². The summed E-state index contributed by atoms with van der Waals surface area (Å²) in [5, 5.41) is 9.04. The first-order chi connectivity index (χ1) is 13.7. The van der Waals surface area contributed by atoms with Crippen LogP contribution < -0.4 is 15.0 Å². The Hall–Kier alpha value is -3.94. The maximum absolute atomic E-state index is 12.9. The Morgan fingerprint density at radius 3 is 2.79 bits per heavy atom. The number of hydrogen-bond acceptors (Lipinski definition) is 6. The van der Waals surface area contributed by atoms with Crippen LogP contribution >= 0.6 is 0 Å². The molecule has 2 aromatic heterocycles. The van der Waals surface area contributed by atoms with E-state index in [1.165, 1.54) is 10.9 Å². The standard InChI is InChI=1S/C20H15N5O3/c1-13-23-19-16(11-22-25(19)15-5-3-2-4-6-15)20(26)24(13)21-10-14-7-8-17-18(9-14)28-12-27-17/h2-11H,12H2,1H3/b21-10+. The lowest BCUT2D eigenvalue weighted by Crippen LogP contribution is -2.20. The number of ether oxygens (including phenoxy) is 2. The third-order valence-electron chi connectivity index (χ3n) is 4.46. The Morgan fingerprint density at radius 2 is 1.93 bits per heavy atom. The zero-order chi connectivity index (χ0) is 19.1. The summed E-state index contributed by atoms with van der Waals surface area (Å²) < 4.78 is 13.6. The van der Waals surface area contributed by atoms with Crippen LogP contribution in [-0.4, -0.2) is 32.4 Å². The van der Waals surface area contributed by atoms with Gasteiger partial charge >= 0.3 is 0 Å². The van der Waals surface area contributed by atoms with Gasteiger partial charge in [0.15, 0.2) is 17.1 Å². The molecule has 3 heterocycles. The number of fused-ring (bicyclic) bond motifs is 2. The minimum absolute atomic E-state index is 0.209. The molecule has 2 aromatic carbocycles. The zero-order valence-corrected chi connectivity index (χ0v) is 14.9. The van der Waals surface area contributed by atoms with Crippen LogP contribution in [0.3, 0.4) is 0 Å². The van der Waals surface area contributed by atoms with Crippen LogP contribution in [0.25, 0.3) is 16.7 Å². The molecule has 5 rings (SSSR count). The van der Waals surface area contributed by atoms with Gasteiger partial charge in [0.1, 0.15) is 11.2 Å². The van der Waals surface area contributed by atoms with Gasteiger partial charge in [-0.15, -0.1) is 0 Å². The molecule has 0 spiro atoms. The van der Waals surface area contributed by atoms with Gasteiger partial charge in [0.05, 0.1) is 18.1 Å². The maximum atomic E-state index is 12.9. The van der Waals surface area contributed by atoms with Crippen molar-refractivity contribution in [1.29, 1.82) is 0 Å². The molecule has 0 bridgehead atoms. The average molecular weight is 373 g/mol. The molecule has 0 unspecified atom stereocenters. The highest BCUT2D eigenvalue weighted by Gasteiger charge is 2.15. The predicted octanol–water partition coefficient (Wildman–Crippen LogP) is 2.50. The molecule has 138 valence electrons. The molecule has 1 aliphatic rings. The molecule has 8 nitrogen and oxygen atoms in total. The SMILES string of the molecule is Cc1nc2c(cnn2-c2ccccc2)c(=O)n1/N=C/c1ccc2c(c1)OCO2. The van der Waals surface area contributed by atoms with Crippen molar-refractivity contribution in [2.45, 2.75) is 6.92 Å². The summed E-state index contributed by atoms with van der Waals surface area (Å²) >= 11 is 0. The second-order valence-electron chi connectivity index (χ2n) is 6.26. The molecule has 0 radical (unpaired) electrons. The molecule has 4 aromatic rings. The van der Waals surface area contributed by atoms with E-state index in [2.05, 4.69) is 15.2 Å². The third kappa shape index (κ3) is 2.62. The molecule has 0 N–H and O–H groups in total. The van der Waals surface area contributed by atoms with Gasteiger partial charge in [0, 0.05) is 0 Å². The molecule has 1 aliphatic heterocycles. The van der Waals surface area contributed by atoms with Gasteiger partial charge in [-0.3, -0.25) is 4.79 Å². The van der Waals surface area contributed by atoms with E-state index in [4.69, 9.17) is 9.47 Å². The summed E-state index contributed by atoms with van der Waals surface area (Å²) in [6, 6.07) is 15.0. The van der Waals surface area contributed by atoms with Crippen molar-refractivity contribution >= 4 is 17.2 Å². The summed E-state index contributed by atoms with van der Waals surface area (Å²) in [5.74, 6) is 1.82. The molecule has 0 amide bonds. The van der Waals surface area contributed by atoms with E-state index >= 15 is 0 Å². The molecule has 0 saturated heterocycles. The smallest absolute Gasteiger partial charge is 0.285 e. The van der Waals surface area contributed by atoms with Crippen LogP contribution in [0, 0.1) is 6.92 Å². The van der Waals surface area contributed by atoms with Crippen molar-refractivity contribution in [3.63, 3.8) is 0 Å². The molecule has 0 saturated carbocycles. The quantitative estimate of drug-likeness (QED) is 0.515. The van der Waals surface area contributed by atoms with E-state index < -0.39 is 0 Å². The second-order valence-corrected chi connectivity index (χ2v) is 6.26.